The van der Waals surface area contributed by atoms with Crippen LogP contribution in [0.3, 0.4) is 0 Å². The first kappa shape index (κ1) is 14.0. The number of ether oxygens (including phenoxy) is 1. The van der Waals surface area contributed by atoms with Crippen LogP contribution in [0.25, 0.3) is 0 Å². The molecule has 1 aliphatic heterocycles. The summed E-state index contributed by atoms with van der Waals surface area (Å²) in [6.45, 7) is 0. The van der Waals surface area contributed by atoms with E-state index >= 15 is 0 Å². The molecule has 0 fully saturated rings. The molecule has 7 heteroatoms. The fourth-order valence-corrected chi connectivity index (χ4v) is 3.76. The molecule has 0 saturated heterocycles. The molecule has 18 heavy (non-hydrogen) atoms. The Hall–Kier alpha value is -0.430. The number of rotatable bonds is 2. The van der Waals surface area contributed by atoms with Crippen molar-refractivity contribution in [1.82, 2.24) is 0 Å². The molecule has 1 nitrogen and oxygen atoms in total. The van der Waals surface area contributed by atoms with E-state index in [0.717, 1.165) is 22.6 Å². The van der Waals surface area contributed by atoms with Crippen LogP contribution in [-0.4, -0.2) is 18.3 Å². The molecule has 1 aromatic carbocycles. The number of benzene rings is 1. The zero-order chi connectivity index (χ0) is 13.3. The van der Waals surface area contributed by atoms with Crippen molar-refractivity contribution in [2.75, 3.05) is 5.75 Å². The fraction of sp³-hybridized carbons (Fsp3) is 0.455. The van der Waals surface area contributed by atoms with Gasteiger partial charge in [-0.15, -0.1) is 11.8 Å². The molecule has 2 rings (SSSR count). The molecule has 0 amide bonds. The Bertz CT molecular complexity index is 438. The maximum Gasteiger partial charge on any atom is 0.457 e. The second kappa shape index (κ2) is 5.28. The number of hydrogen-bond acceptors (Lipinski definition) is 2. The van der Waals surface area contributed by atoms with Crippen LogP contribution in [0, 0.1) is 0 Å². The van der Waals surface area contributed by atoms with E-state index in [-0.39, 0.29) is 10.6 Å². The molecule has 100 valence electrons. The van der Waals surface area contributed by atoms with Gasteiger partial charge in [-0.05, 0) is 35.9 Å². The molecule has 0 saturated carbocycles. The van der Waals surface area contributed by atoms with Gasteiger partial charge in [0.2, 0.25) is 0 Å². The highest BCUT2D eigenvalue weighted by molar-refractivity contribution is 9.09. The minimum absolute atomic E-state index is 0.0706. The predicted octanol–water partition coefficient (Wildman–Crippen LogP) is 4.86. The van der Waals surface area contributed by atoms with Gasteiger partial charge < -0.3 is 4.74 Å². The fourth-order valence-electron chi connectivity index (χ4n) is 1.59. The second-order valence-corrected chi connectivity index (χ2v) is 6.02. The summed E-state index contributed by atoms with van der Waals surface area (Å²) in [5, 5.41) is 0. The van der Waals surface area contributed by atoms with E-state index in [1.54, 1.807) is 17.8 Å². The van der Waals surface area contributed by atoms with Gasteiger partial charge in [0.05, 0.1) is 0 Å². The molecule has 0 bridgehead atoms. The van der Waals surface area contributed by atoms with Gasteiger partial charge in [0, 0.05) is 9.72 Å². The van der Waals surface area contributed by atoms with E-state index in [1.807, 2.05) is 0 Å². The molecular weight excluding hydrogens is 336 g/mol. The Morgan fingerprint density at radius 3 is 2.78 bits per heavy atom. The number of halogens is 5. The normalized spacial score (nSPS) is 21.3. The summed E-state index contributed by atoms with van der Waals surface area (Å²) < 4.78 is 53.1. The van der Waals surface area contributed by atoms with Crippen molar-refractivity contribution in [2.24, 2.45) is 0 Å². The Morgan fingerprint density at radius 1 is 1.39 bits per heavy atom. The highest BCUT2D eigenvalue weighted by Crippen LogP contribution is 2.42. The first-order chi connectivity index (χ1) is 8.38. The standard InChI is InChI=1S/C11H9BrF4OS/c12-8-3-4-18-9-2-1-6(5-7(8)9)17-10(13)11(14,15)16/h1-2,5,8,10H,3-4H2. The summed E-state index contributed by atoms with van der Waals surface area (Å²) in [5.74, 6) is 0.836. The zero-order valence-corrected chi connectivity index (χ0v) is 11.4. The van der Waals surface area contributed by atoms with E-state index in [4.69, 9.17) is 0 Å². The van der Waals surface area contributed by atoms with Gasteiger partial charge in [-0.2, -0.15) is 17.6 Å². The first-order valence-corrected chi connectivity index (χ1v) is 7.06. The lowest BCUT2D eigenvalue weighted by Gasteiger charge is -2.22. The average Bonchev–Trinajstić information content (AvgIpc) is 2.29. The summed E-state index contributed by atoms with van der Waals surface area (Å²) >= 11 is 5.07. The van der Waals surface area contributed by atoms with E-state index in [0.29, 0.717) is 0 Å². The third-order valence-electron chi connectivity index (χ3n) is 2.44. The second-order valence-electron chi connectivity index (χ2n) is 3.78. The van der Waals surface area contributed by atoms with Crippen LogP contribution in [0.4, 0.5) is 17.6 Å². The van der Waals surface area contributed by atoms with Crippen LogP contribution in [0.2, 0.25) is 0 Å². The lowest BCUT2D eigenvalue weighted by atomic mass is 10.1. The smallest absolute Gasteiger partial charge is 0.452 e. The lowest BCUT2D eigenvalue weighted by Crippen LogP contribution is -2.29. The third-order valence-corrected chi connectivity index (χ3v) is 4.52. The van der Waals surface area contributed by atoms with Gasteiger partial charge in [-0.3, -0.25) is 0 Å². The summed E-state index contributed by atoms with van der Waals surface area (Å²) in [6, 6.07) is 4.47. The average molecular weight is 345 g/mol. The molecule has 0 N–H and O–H groups in total. The summed E-state index contributed by atoms with van der Waals surface area (Å²) in [7, 11) is 0. The summed E-state index contributed by atoms with van der Waals surface area (Å²) in [4.78, 5) is 1.05. The molecule has 2 unspecified atom stereocenters. The first-order valence-electron chi connectivity index (χ1n) is 5.16. The molecule has 1 heterocycles. The van der Waals surface area contributed by atoms with Crippen molar-refractivity contribution in [3.05, 3.63) is 23.8 Å². The molecular formula is C11H9BrF4OS. The number of hydrogen-bond donors (Lipinski definition) is 0. The molecule has 2 atom stereocenters. The van der Waals surface area contributed by atoms with Crippen LogP contribution in [0.1, 0.15) is 16.8 Å². The molecule has 0 spiro atoms. The largest absolute Gasteiger partial charge is 0.457 e. The zero-order valence-electron chi connectivity index (χ0n) is 9.01. The highest BCUT2D eigenvalue weighted by atomic mass is 79.9. The van der Waals surface area contributed by atoms with E-state index in [9.17, 15) is 17.6 Å². The van der Waals surface area contributed by atoms with Gasteiger partial charge in [0.1, 0.15) is 5.75 Å². The van der Waals surface area contributed by atoms with Crippen LogP contribution >= 0.6 is 27.7 Å². The molecule has 0 aromatic heterocycles. The Kier molecular flexibility index (Phi) is 4.11. The van der Waals surface area contributed by atoms with Gasteiger partial charge in [-0.25, -0.2) is 0 Å². The Labute approximate surface area is 114 Å². The Morgan fingerprint density at radius 2 is 2.11 bits per heavy atom. The minimum atomic E-state index is -5.00. The van der Waals surface area contributed by atoms with Gasteiger partial charge in [0.25, 0.3) is 0 Å². The monoisotopic (exact) mass is 344 g/mol. The number of fused-ring (bicyclic) bond motifs is 1. The molecule has 0 aliphatic carbocycles. The van der Waals surface area contributed by atoms with Gasteiger partial charge in [-0.1, -0.05) is 15.9 Å². The van der Waals surface area contributed by atoms with Crippen LogP contribution in [0.15, 0.2) is 23.1 Å². The molecule has 0 radical (unpaired) electrons. The van der Waals surface area contributed by atoms with Gasteiger partial charge in [0.15, 0.2) is 0 Å². The highest BCUT2D eigenvalue weighted by Gasteiger charge is 2.42. The maximum absolute atomic E-state index is 12.8. The van der Waals surface area contributed by atoms with Crippen molar-refractivity contribution in [1.29, 1.82) is 0 Å². The lowest BCUT2D eigenvalue weighted by molar-refractivity contribution is -0.236. The predicted molar refractivity (Wildman–Crippen MR) is 65.0 cm³/mol. The molecule has 1 aliphatic rings. The number of alkyl halides is 5. The summed E-state index contributed by atoms with van der Waals surface area (Å²) in [5.41, 5.74) is 0.845. The van der Waals surface area contributed by atoms with Crippen molar-refractivity contribution < 1.29 is 22.3 Å². The SMILES string of the molecule is FC(Oc1ccc2c(c1)C(Br)CCS2)C(F)(F)F. The van der Waals surface area contributed by atoms with E-state index in [1.165, 1.54) is 12.1 Å². The van der Waals surface area contributed by atoms with E-state index in [2.05, 4.69) is 20.7 Å². The maximum atomic E-state index is 12.8. The quantitative estimate of drug-likeness (QED) is 0.560. The summed E-state index contributed by atoms with van der Waals surface area (Å²) in [6.07, 6.45) is -7.42. The van der Waals surface area contributed by atoms with Crippen molar-refractivity contribution in [3.8, 4) is 5.75 Å². The van der Waals surface area contributed by atoms with Crippen LogP contribution in [-0.2, 0) is 0 Å². The van der Waals surface area contributed by atoms with Gasteiger partial charge >= 0.3 is 12.5 Å². The topological polar surface area (TPSA) is 9.23 Å². The Balaban J connectivity index is 2.18. The van der Waals surface area contributed by atoms with Crippen LogP contribution < -0.4 is 4.74 Å². The van der Waals surface area contributed by atoms with Crippen molar-refractivity contribution >= 4 is 27.7 Å². The van der Waals surface area contributed by atoms with Crippen molar-refractivity contribution in [3.63, 3.8) is 0 Å². The minimum Gasteiger partial charge on any atom is -0.452 e. The van der Waals surface area contributed by atoms with E-state index < -0.39 is 12.5 Å². The van der Waals surface area contributed by atoms with Crippen LogP contribution in [0.5, 0.6) is 5.75 Å². The third kappa shape index (κ3) is 3.12. The number of thioether (sulfide) groups is 1. The molecule has 1 aromatic rings. The van der Waals surface area contributed by atoms with Crippen molar-refractivity contribution in [2.45, 2.75) is 28.7 Å².